The van der Waals surface area contributed by atoms with E-state index < -0.39 is 5.82 Å². The molecule has 0 atom stereocenters. The minimum Gasteiger partial charge on any atom is -0.497 e. The number of rotatable bonds is 4. The van der Waals surface area contributed by atoms with Crippen LogP contribution in [0.25, 0.3) is 0 Å². The van der Waals surface area contributed by atoms with E-state index in [2.05, 4.69) is 4.98 Å². The standard InChI is InChI=1S/C13H11ClFNO2/c1-17-11-4-5-16-10(7-11)8-18-13-3-2-9(14)6-12(13)15/h2-7H,8H2,1H3. The number of hydrogen-bond acceptors (Lipinski definition) is 3. The van der Waals surface area contributed by atoms with Crippen LogP contribution in [0.4, 0.5) is 4.39 Å². The van der Waals surface area contributed by atoms with Crippen molar-refractivity contribution in [1.82, 2.24) is 4.98 Å². The van der Waals surface area contributed by atoms with Crippen LogP contribution in [-0.4, -0.2) is 12.1 Å². The molecule has 0 radical (unpaired) electrons. The van der Waals surface area contributed by atoms with E-state index in [1.165, 1.54) is 12.1 Å². The molecular weight excluding hydrogens is 257 g/mol. The van der Waals surface area contributed by atoms with Crippen LogP contribution >= 0.6 is 11.6 Å². The quantitative estimate of drug-likeness (QED) is 0.850. The van der Waals surface area contributed by atoms with Gasteiger partial charge < -0.3 is 9.47 Å². The van der Waals surface area contributed by atoms with Crippen LogP contribution in [0.5, 0.6) is 11.5 Å². The van der Waals surface area contributed by atoms with Crippen molar-refractivity contribution in [3.05, 3.63) is 53.1 Å². The molecule has 1 aromatic carbocycles. The molecule has 18 heavy (non-hydrogen) atoms. The highest BCUT2D eigenvalue weighted by atomic mass is 35.5. The minimum absolute atomic E-state index is 0.143. The van der Waals surface area contributed by atoms with Crippen LogP contribution in [0.3, 0.4) is 0 Å². The number of benzene rings is 1. The Labute approximate surface area is 109 Å². The Morgan fingerprint density at radius 3 is 2.83 bits per heavy atom. The number of aromatic nitrogens is 1. The van der Waals surface area contributed by atoms with Crippen molar-refractivity contribution in [3.8, 4) is 11.5 Å². The van der Waals surface area contributed by atoms with E-state index in [-0.39, 0.29) is 12.4 Å². The molecule has 0 amide bonds. The van der Waals surface area contributed by atoms with Gasteiger partial charge in [-0.1, -0.05) is 11.6 Å². The number of methoxy groups -OCH3 is 1. The second-order valence-electron chi connectivity index (χ2n) is 3.55. The van der Waals surface area contributed by atoms with Crippen LogP contribution in [0.1, 0.15) is 5.69 Å². The zero-order chi connectivity index (χ0) is 13.0. The van der Waals surface area contributed by atoms with Crippen LogP contribution in [0.15, 0.2) is 36.5 Å². The Balaban J connectivity index is 2.06. The number of nitrogens with zero attached hydrogens (tertiary/aromatic N) is 1. The summed E-state index contributed by atoms with van der Waals surface area (Å²) in [4.78, 5) is 4.10. The van der Waals surface area contributed by atoms with Crippen molar-refractivity contribution < 1.29 is 13.9 Å². The van der Waals surface area contributed by atoms with Gasteiger partial charge in [0.1, 0.15) is 12.4 Å². The third-order valence-electron chi connectivity index (χ3n) is 2.29. The molecule has 0 bridgehead atoms. The lowest BCUT2D eigenvalue weighted by Crippen LogP contribution is -2.00. The summed E-state index contributed by atoms with van der Waals surface area (Å²) in [5.41, 5.74) is 0.656. The lowest BCUT2D eigenvalue weighted by molar-refractivity contribution is 0.285. The van der Waals surface area contributed by atoms with Gasteiger partial charge in [-0.15, -0.1) is 0 Å². The first-order valence-corrected chi connectivity index (χ1v) is 5.63. The summed E-state index contributed by atoms with van der Waals surface area (Å²) in [6, 6.07) is 7.72. The van der Waals surface area contributed by atoms with Gasteiger partial charge >= 0.3 is 0 Å². The van der Waals surface area contributed by atoms with E-state index in [0.717, 1.165) is 0 Å². The SMILES string of the molecule is COc1ccnc(COc2ccc(Cl)cc2F)c1. The predicted octanol–water partition coefficient (Wildman–Crippen LogP) is 3.46. The molecule has 0 aliphatic rings. The van der Waals surface area contributed by atoms with Crippen molar-refractivity contribution >= 4 is 11.6 Å². The van der Waals surface area contributed by atoms with E-state index in [4.69, 9.17) is 21.1 Å². The maximum Gasteiger partial charge on any atom is 0.166 e. The van der Waals surface area contributed by atoms with Crippen LogP contribution in [0.2, 0.25) is 5.02 Å². The van der Waals surface area contributed by atoms with Gasteiger partial charge in [-0.2, -0.15) is 0 Å². The molecule has 94 valence electrons. The van der Waals surface area contributed by atoms with E-state index >= 15 is 0 Å². The van der Waals surface area contributed by atoms with Crippen LogP contribution in [0, 0.1) is 5.82 Å². The Morgan fingerprint density at radius 1 is 1.28 bits per heavy atom. The van der Waals surface area contributed by atoms with Gasteiger partial charge in [-0.3, -0.25) is 4.98 Å². The maximum atomic E-state index is 13.4. The summed E-state index contributed by atoms with van der Waals surface area (Å²) in [5, 5.41) is 0.333. The smallest absolute Gasteiger partial charge is 0.166 e. The first-order chi connectivity index (χ1) is 8.69. The van der Waals surface area contributed by atoms with Crippen molar-refractivity contribution in [3.63, 3.8) is 0 Å². The first-order valence-electron chi connectivity index (χ1n) is 5.26. The summed E-state index contributed by atoms with van der Waals surface area (Å²) in [6.07, 6.45) is 1.61. The molecule has 0 aliphatic carbocycles. The van der Waals surface area contributed by atoms with Crippen LogP contribution in [-0.2, 0) is 6.61 Å². The average molecular weight is 268 g/mol. The third-order valence-corrected chi connectivity index (χ3v) is 2.53. The zero-order valence-corrected chi connectivity index (χ0v) is 10.4. The molecule has 0 fully saturated rings. The van der Waals surface area contributed by atoms with Gasteiger partial charge in [-0.25, -0.2) is 4.39 Å². The Hall–Kier alpha value is -1.81. The molecule has 3 nitrogen and oxygen atoms in total. The fourth-order valence-corrected chi connectivity index (χ4v) is 1.56. The van der Waals surface area contributed by atoms with Gasteiger partial charge in [0.05, 0.1) is 12.8 Å². The van der Waals surface area contributed by atoms with E-state index in [1.807, 2.05) is 0 Å². The fraction of sp³-hybridized carbons (Fsp3) is 0.154. The van der Waals surface area contributed by atoms with E-state index in [1.54, 1.807) is 31.5 Å². The number of ether oxygens (including phenoxy) is 2. The van der Waals surface area contributed by atoms with Gasteiger partial charge in [0.25, 0.3) is 0 Å². The molecular formula is C13H11ClFNO2. The molecule has 0 unspecified atom stereocenters. The third kappa shape index (κ3) is 3.11. The molecule has 1 aromatic heterocycles. The molecule has 0 spiro atoms. The summed E-state index contributed by atoms with van der Waals surface area (Å²) in [7, 11) is 1.57. The molecule has 0 N–H and O–H groups in total. The Morgan fingerprint density at radius 2 is 2.11 bits per heavy atom. The minimum atomic E-state index is -0.495. The highest BCUT2D eigenvalue weighted by Gasteiger charge is 2.05. The second-order valence-corrected chi connectivity index (χ2v) is 3.99. The van der Waals surface area contributed by atoms with Crippen molar-refractivity contribution in [2.24, 2.45) is 0 Å². The second kappa shape index (κ2) is 5.69. The maximum absolute atomic E-state index is 13.4. The summed E-state index contributed by atoms with van der Waals surface area (Å²) >= 11 is 5.65. The summed E-state index contributed by atoms with van der Waals surface area (Å²) in [6.45, 7) is 0.162. The lowest BCUT2D eigenvalue weighted by Gasteiger charge is -2.07. The summed E-state index contributed by atoms with van der Waals surface area (Å²) < 4.78 is 23.8. The normalized spacial score (nSPS) is 10.2. The largest absolute Gasteiger partial charge is 0.497 e. The number of pyridine rings is 1. The number of hydrogen-bond donors (Lipinski definition) is 0. The molecule has 2 aromatic rings. The lowest BCUT2D eigenvalue weighted by atomic mass is 10.3. The monoisotopic (exact) mass is 267 g/mol. The first kappa shape index (κ1) is 12.6. The van der Waals surface area contributed by atoms with Gasteiger partial charge in [0.2, 0.25) is 0 Å². The highest BCUT2D eigenvalue weighted by molar-refractivity contribution is 6.30. The number of halogens is 2. The van der Waals surface area contributed by atoms with Crippen molar-refractivity contribution in [2.45, 2.75) is 6.61 Å². The summed E-state index contributed by atoms with van der Waals surface area (Å²) in [5.74, 6) is 0.328. The molecule has 0 aliphatic heterocycles. The highest BCUT2D eigenvalue weighted by Crippen LogP contribution is 2.22. The van der Waals surface area contributed by atoms with Crippen molar-refractivity contribution in [2.75, 3.05) is 7.11 Å². The zero-order valence-electron chi connectivity index (χ0n) is 9.69. The van der Waals surface area contributed by atoms with E-state index in [9.17, 15) is 4.39 Å². The average Bonchev–Trinajstić information content (AvgIpc) is 2.38. The molecule has 0 saturated heterocycles. The Bertz CT molecular complexity index is 548. The van der Waals surface area contributed by atoms with Gasteiger partial charge in [-0.05, 0) is 24.3 Å². The topological polar surface area (TPSA) is 31.4 Å². The molecule has 2 rings (SSSR count). The molecule has 1 heterocycles. The van der Waals surface area contributed by atoms with Gasteiger partial charge in [0.15, 0.2) is 11.6 Å². The van der Waals surface area contributed by atoms with Gasteiger partial charge in [0, 0.05) is 17.3 Å². The molecule has 5 heteroatoms. The Kier molecular flexibility index (Phi) is 3.99. The van der Waals surface area contributed by atoms with Crippen molar-refractivity contribution in [1.29, 1.82) is 0 Å². The fourth-order valence-electron chi connectivity index (χ4n) is 1.41. The van der Waals surface area contributed by atoms with E-state index in [0.29, 0.717) is 16.5 Å². The predicted molar refractivity (Wildman–Crippen MR) is 66.5 cm³/mol. The van der Waals surface area contributed by atoms with Crippen LogP contribution < -0.4 is 9.47 Å². The molecule has 0 saturated carbocycles.